The smallest absolute Gasteiger partial charge is 0.237 e. The van der Waals surface area contributed by atoms with Crippen molar-refractivity contribution >= 4 is 11.6 Å². The maximum Gasteiger partial charge on any atom is 0.237 e. The van der Waals surface area contributed by atoms with Crippen molar-refractivity contribution in [3.8, 4) is 17.1 Å². The Kier molecular flexibility index (Phi) is 2.13. The number of ketones is 2. The number of methoxy groups -OCH3 is 1. The maximum absolute atomic E-state index is 12.0. The van der Waals surface area contributed by atoms with Gasteiger partial charge in [0.2, 0.25) is 11.6 Å². The van der Waals surface area contributed by atoms with Crippen LogP contribution < -0.4 is 4.74 Å². The number of rotatable bonds is 1. The molecule has 0 bridgehead atoms. The average molecular weight is 242 g/mol. The molecule has 0 saturated heterocycles. The predicted octanol–water partition coefficient (Wildman–Crippen LogP) is 2.64. The first-order valence-corrected chi connectivity index (χ1v) is 5.50. The summed E-state index contributed by atoms with van der Waals surface area (Å²) >= 11 is 0. The highest BCUT2D eigenvalue weighted by Gasteiger charge is 2.35. The molecule has 3 rings (SSSR count). The van der Waals surface area contributed by atoms with E-state index in [1.54, 1.807) is 31.2 Å². The van der Waals surface area contributed by atoms with Crippen LogP contribution in [0.2, 0.25) is 0 Å². The van der Waals surface area contributed by atoms with E-state index in [4.69, 9.17) is 9.15 Å². The minimum absolute atomic E-state index is 0.314. The van der Waals surface area contributed by atoms with Crippen molar-refractivity contribution in [1.82, 2.24) is 0 Å². The second-order valence-electron chi connectivity index (χ2n) is 4.14. The number of carbonyl (C=O) groups excluding carboxylic acids is 2. The quantitative estimate of drug-likeness (QED) is 0.721. The van der Waals surface area contributed by atoms with E-state index in [9.17, 15) is 9.59 Å². The Morgan fingerprint density at radius 3 is 2.56 bits per heavy atom. The zero-order valence-electron chi connectivity index (χ0n) is 9.94. The number of hydrogen-bond acceptors (Lipinski definition) is 4. The SMILES string of the molecule is COc1cccc2c1-c1oc(C)cc1C(=O)C2=O. The van der Waals surface area contributed by atoms with Crippen LogP contribution in [0.1, 0.15) is 26.5 Å². The van der Waals surface area contributed by atoms with Crippen LogP contribution in [-0.4, -0.2) is 18.7 Å². The van der Waals surface area contributed by atoms with Crippen LogP contribution in [0.25, 0.3) is 11.3 Å². The Morgan fingerprint density at radius 2 is 1.83 bits per heavy atom. The molecule has 4 nitrogen and oxygen atoms in total. The van der Waals surface area contributed by atoms with Crippen molar-refractivity contribution in [2.75, 3.05) is 7.11 Å². The molecule has 0 aliphatic heterocycles. The molecule has 18 heavy (non-hydrogen) atoms. The number of fused-ring (bicyclic) bond motifs is 3. The number of aryl methyl sites for hydroxylation is 1. The van der Waals surface area contributed by atoms with Crippen molar-refractivity contribution in [2.24, 2.45) is 0 Å². The Morgan fingerprint density at radius 1 is 1.11 bits per heavy atom. The van der Waals surface area contributed by atoms with E-state index in [0.29, 0.717) is 34.0 Å². The van der Waals surface area contributed by atoms with Crippen molar-refractivity contribution in [2.45, 2.75) is 6.92 Å². The van der Waals surface area contributed by atoms with Crippen LogP contribution in [0.3, 0.4) is 0 Å². The molecule has 1 aromatic carbocycles. The molecule has 0 amide bonds. The first-order chi connectivity index (χ1) is 8.63. The molecular formula is C14H10O4. The number of ether oxygens (including phenoxy) is 1. The third-order valence-electron chi connectivity index (χ3n) is 3.02. The van der Waals surface area contributed by atoms with Gasteiger partial charge in [0.05, 0.1) is 18.2 Å². The van der Waals surface area contributed by atoms with Gasteiger partial charge in [-0.2, -0.15) is 0 Å². The first kappa shape index (κ1) is 10.8. The lowest BCUT2D eigenvalue weighted by molar-refractivity contribution is 0.0814. The monoisotopic (exact) mass is 242 g/mol. The fraction of sp³-hybridized carbons (Fsp3) is 0.143. The lowest BCUT2D eigenvalue weighted by Crippen LogP contribution is -2.20. The Hall–Kier alpha value is -2.36. The molecule has 0 fully saturated rings. The van der Waals surface area contributed by atoms with Gasteiger partial charge >= 0.3 is 0 Å². The largest absolute Gasteiger partial charge is 0.496 e. The van der Waals surface area contributed by atoms with Gasteiger partial charge < -0.3 is 9.15 Å². The van der Waals surface area contributed by atoms with E-state index in [1.807, 2.05) is 0 Å². The van der Waals surface area contributed by atoms with Crippen molar-refractivity contribution in [3.63, 3.8) is 0 Å². The maximum atomic E-state index is 12.0. The third kappa shape index (κ3) is 1.26. The van der Waals surface area contributed by atoms with E-state index < -0.39 is 11.6 Å². The minimum Gasteiger partial charge on any atom is -0.496 e. The average Bonchev–Trinajstić information content (AvgIpc) is 2.77. The predicted molar refractivity (Wildman–Crippen MR) is 64.1 cm³/mol. The summed E-state index contributed by atoms with van der Waals surface area (Å²) in [5.41, 5.74) is 1.21. The van der Waals surface area contributed by atoms with E-state index >= 15 is 0 Å². The first-order valence-electron chi connectivity index (χ1n) is 5.50. The summed E-state index contributed by atoms with van der Waals surface area (Å²) in [6, 6.07) is 6.62. The highest BCUT2D eigenvalue weighted by Crippen LogP contribution is 2.41. The normalized spacial score (nSPS) is 13.2. The summed E-state index contributed by atoms with van der Waals surface area (Å²) in [5.74, 6) is 0.508. The van der Waals surface area contributed by atoms with E-state index in [1.165, 1.54) is 7.11 Å². The van der Waals surface area contributed by atoms with Crippen molar-refractivity contribution in [1.29, 1.82) is 0 Å². The molecule has 0 atom stereocenters. The topological polar surface area (TPSA) is 56.5 Å². The molecule has 0 radical (unpaired) electrons. The third-order valence-corrected chi connectivity index (χ3v) is 3.02. The number of Topliss-reactive ketones (excluding diaryl/α,β-unsaturated/α-hetero) is 2. The number of furan rings is 1. The van der Waals surface area contributed by atoms with Crippen LogP contribution >= 0.6 is 0 Å². The summed E-state index contributed by atoms with van der Waals surface area (Å²) in [7, 11) is 1.52. The molecule has 1 aliphatic rings. The summed E-state index contributed by atoms with van der Waals surface area (Å²) in [4.78, 5) is 24.0. The van der Waals surface area contributed by atoms with Crippen LogP contribution in [0.4, 0.5) is 0 Å². The summed E-state index contributed by atoms with van der Waals surface area (Å²) in [6.45, 7) is 1.74. The van der Waals surface area contributed by atoms with Crippen LogP contribution in [0, 0.1) is 6.92 Å². The van der Waals surface area contributed by atoms with Gasteiger partial charge in [-0.1, -0.05) is 6.07 Å². The minimum atomic E-state index is -0.525. The fourth-order valence-corrected chi connectivity index (χ4v) is 2.24. The molecule has 1 aliphatic carbocycles. The van der Waals surface area contributed by atoms with Crippen molar-refractivity contribution in [3.05, 3.63) is 41.2 Å². The van der Waals surface area contributed by atoms with E-state index in [2.05, 4.69) is 0 Å². The molecule has 0 spiro atoms. The summed E-state index contributed by atoms with van der Waals surface area (Å²) < 4.78 is 10.8. The number of hydrogen-bond donors (Lipinski definition) is 0. The van der Waals surface area contributed by atoms with E-state index in [-0.39, 0.29) is 0 Å². The van der Waals surface area contributed by atoms with Crippen LogP contribution in [0.15, 0.2) is 28.7 Å². The zero-order valence-corrected chi connectivity index (χ0v) is 9.94. The molecule has 1 heterocycles. The van der Waals surface area contributed by atoms with Gasteiger partial charge in [-0.05, 0) is 25.1 Å². The standard InChI is InChI=1S/C14H10O4/c1-7-6-9-13(16)12(15)8-4-3-5-10(17-2)11(8)14(9)18-7/h3-6H,1-2H3. The van der Waals surface area contributed by atoms with Gasteiger partial charge in [0.25, 0.3) is 0 Å². The highest BCUT2D eigenvalue weighted by atomic mass is 16.5. The molecule has 0 N–H and O–H groups in total. The Balaban J connectivity index is 2.41. The number of carbonyl (C=O) groups is 2. The second-order valence-corrected chi connectivity index (χ2v) is 4.14. The lowest BCUT2D eigenvalue weighted by Gasteiger charge is -2.15. The van der Waals surface area contributed by atoms with Gasteiger partial charge in [-0.25, -0.2) is 0 Å². The molecule has 1 aromatic heterocycles. The van der Waals surface area contributed by atoms with Gasteiger partial charge in [0, 0.05) is 5.56 Å². The van der Waals surface area contributed by atoms with Crippen molar-refractivity contribution < 1.29 is 18.7 Å². The molecular weight excluding hydrogens is 232 g/mol. The van der Waals surface area contributed by atoms with Gasteiger partial charge in [0.15, 0.2) is 0 Å². The molecule has 4 heteroatoms. The summed E-state index contributed by atoms with van der Waals surface area (Å²) in [5, 5.41) is 0. The number of benzene rings is 1. The molecule has 90 valence electrons. The Bertz CT molecular complexity index is 679. The molecule has 0 unspecified atom stereocenters. The zero-order chi connectivity index (χ0) is 12.9. The van der Waals surface area contributed by atoms with Crippen LogP contribution in [-0.2, 0) is 0 Å². The van der Waals surface area contributed by atoms with E-state index in [0.717, 1.165) is 0 Å². The lowest BCUT2D eigenvalue weighted by atomic mass is 9.88. The molecule has 0 saturated carbocycles. The molecule has 2 aromatic rings. The van der Waals surface area contributed by atoms with Gasteiger partial charge in [0.1, 0.15) is 17.3 Å². The second kappa shape index (κ2) is 3.57. The fourth-order valence-electron chi connectivity index (χ4n) is 2.24. The van der Waals surface area contributed by atoms with Crippen LogP contribution in [0.5, 0.6) is 5.75 Å². The van der Waals surface area contributed by atoms with Gasteiger partial charge in [-0.15, -0.1) is 0 Å². The highest BCUT2D eigenvalue weighted by molar-refractivity contribution is 6.52. The van der Waals surface area contributed by atoms with Gasteiger partial charge in [-0.3, -0.25) is 9.59 Å². The summed E-state index contributed by atoms with van der Waals surface area (Å²) in [6.07, 6.45) is 0. The Labute approximate surface area is 103 Å².